The molecule has 4 aromatic rings. The lowest BCUT2D eigenvalue weighted by molar-refractivity contribution is 0.396. The Bertz CT molecular complexity index is 1220. The van der Waals surface area contributed by atoms with Gasteiger partial charge >= 0.3 is 0 Å². The maximum Gasteiger partial charge on any atom is 0.228 e. The van der Waals surface area contributed by atoms with Gasteiger partial charge in [-0.05, 0) is 24.5 Å². The highest BCUT2D eigenvalue weighted by atomic mass is 32.2. The molecule has 3 aromatic heterocycles. The number of ether oxygens (including phenoxy) is 1. The third-order valence-corrected chi connectivity index (χ3v) is 5.85. The minimum absolute atomic E-state index is 0.571. The monoisotopic (exact) mass is 449 g/mol. The van der Waals surface area contributed by atoms with Crippen LogP contribution in [0.15, 0.2) is 47.9 Å². The lowest BCUT2D eigenvalue weighted by Crippen LogP contribution is -2.47. The van der Waals surface area contributed by atoms with Gasteiger partial charge in [0.05, 0.1) is 18.8 Å². The summed E-state index contributed by atoms with van der Waals surface area (Å²) in [5, 5.41) is 12.2. The number of thioether (sulfide) groups is 1. The number of benzene rings is 1. The van der Waals surface area contributed by atoms with Gasteiger partial charge in [-0.25, -0.2) is 15.0 Å². The van der Waals surface area contributed by atoms with Crippen LogP contribution in [0.1, 0.15) is 0 Å². The van der Waals surface area contributed by atoms with E-state index in [0.29, 0.717) is 11.8 Å². The van der Waals surface area contributed by atoms with Gasteiger partial charge in [0.25, 0.3) is 0 Å². The third-order valence-electron chi connectivity index (χ3n) is 5.30. The highest BCUT2D eigenvalue weighted by Crippen LogP contribution is 2.26. The second-order valence-electron chi connectivity index (χ2n) is 7.27. The van der Waals surface area contributed by atoms with E-state index in [-0.39, 0.29) is 0 Å². The normalized spacial score (nSPS) is 14.1. The van der Waals surface area contributed by atoms with Gasteiger partial charge in [0.15, 0.2) is 5.16 Å². The summed E-state index contributed by atoms with van der Waals surface area (Å²) in [6.07, 6.45) is 5.52. The number of fused-ring (bicyclic) bond motifs is 1. The van der Waals surface area contributed by atoms with E-state index in [1.54, 1.807) is 19.4 Å². The summed E-state index contributed by atoms with van der Waals surface area (Å²) in [4.78, 5) is 22.6. The van der Waals surface area contributed by atoms with Crippen LogP contribution >= 0.6 is 11.8 Å². The van der Waals surface area contributed by atoms with Crippen molar-refractivity contribution in [3.8, 4) is 5.88 Å². The molecule has 0 bridgehead atoms. The van der Waals surface area contributed by atoms with Crippen molar-refractivity contribution >= 4 is 45.9 Å². The molecule has 0 saturated carbocycles. The maximum atomic E-state index is 5.22. The van der Waals surface area contributed by atoms with Crippen molar-refractivity contribution in [2.24, 2.45) is 0 Å². The molecule has 0 amide bonds. The number of hydrogen-bond acceptors (Lipinski definition) is 10. The quantitative estimate of drug-likeness (QED) is 0.337. The van der Waals surface area contributed by atoms with Crippen molar-refractivity contribution in [3.05, 3.63) is 42.7 Å². The van der Waals surface area contributed by atoms with E-state index in [1.165, 1.54) is 11.8 Å². The summed E-state index contributed by atoms with van der Waals surface area (Å²) >= 11 is 1.53. The zero-order valence-electron chi connectivity index (χ0n) is 17.8. The Balaban J connectivity index is 1.32. The summed E-state index contributed by atoms with van der Waals surface area (Å²) in [5.74, 6) is 2.93. The molecule has 1 saturated heterocycles. The number of aromatic nitrogens is 6. The van der Waals surface area contributed by atoms with Crippen LogP contribution in [0, 0.1) is 0 Å². The fourth-order valence-corrected chi connectivity index (χ4v) is 4.01. The largest absolute Gasteiger partial charge is 0.481 e. The molecule has 0 atom stereocenters. The van der Waals surface area contributed by atoms with E-state index in [2.05, 4.69) is 40.3 Å². The number of methoxy groups -OCH3 is 1. The van der Waals surface area contributed by atoms with Gasteiger partial charge in [0.1, 0.15) is 11.6 Å². The first-order chi connectivity index (χ1) is 15.7. The molecule has 4 heterocycles. The average molecular weight is 450 g/mol. The van der Waals surface area contributed by atoms with E-state index in [0.717, 1.165) is 59.6 Å². The molecule has 5 rings (SSSR count). The molecule has 0 unspecified atom stereocenters. The second-order valence-corrected chi connectivity index (χ2v) is 8.04. The van der Waals surface area contributed by atoms with E-state index in [9.17, 15) is 0 Å². The Hall–Kier alpha value is -3.60. The van der Waals surface area contributed by atoms with Crippen LogP contribution in [0.25, 0.3) is 10.9 Å². The van der Waals surface area contributed by atoms with Crippen LogP contribution in [0.5, 0.6) is 5.88 Å². The summed E-state index contributed by atoms with van der Waals surface area (Å²) < 4.78 is 5.22. The zero-order chi connectivity index (χ0) is 21.9. The predicted octanol–water partition coefficient (Wildman–Crippen LogP) is 2.94. The van der Waals surface area contributed by atoms with Gasteiger partial charge in [0.2, 0.25) is 11.8 Å². The smallest absolute Gasteiger partial charge is 0.228 e. The SMILES string of the molecule is COc1ccnc(N2CCN(c3cc(Nc4ccc5[nH]ncc5c4)nc(SC)n3)CC2)n1. The summed E-state index contributed by atoms with van der Waals surface area (Å²) in [6.45, 7) is 3.22. The molecule has 2 N–H and O–H groups in total. The van der Waals surface area contributed by atoms with Crippen molar-refractivity contribution in [3.63, 3.8) is 0 Å². The minimum atomic E-state index is 0.571. The zero-order valence-corrected chi connectivity index (χ0v) is 18.6. The average Bonchev–Trinajstić information content (AvgIpc) is 3.32. The number of hydrogen-bond donors (Lipinski definition) is 2. The highest BCUT2D eigenvalue weighted by Gasteiger charge is 2.21. The Labute approximate surface area is 189 Å². The maximum absolute atomic E-state index is 5.22. The molecule has 1 aliphatic heterocycles. The van der Waals surface area contributed by atoms with Crippen molar-refractivity contribution in [1.82, 2.24) is 30.1 Å². The van der Waals surface area contributed by atoms with Crippen LogP contribution < -0.4 is 19.9 Å². The molecule has 0 aliphatic carbocycles. The van der Waals surface area contributed by atoms with E-state index in [4.69, 9.17) is 9.72 Å². The number of nitrogens with zero attached hydrogens (tertiary/aromatic N) is 7. The van der Waals surface area contributed by atoms with E-state index >= 15 is 0 Å². The molecular weight excluding hydrogens is 426 g/mol. The van der Waals surface area contributed by atoms with E-state index in [1.807, 2.05) is 36.7 Å². The molecule has 1 aliphatic rings. The van der Waals surface area contributed by atoms with Gasteiger partial charge in [-0.2, -0.15) is 10.1 Å². The summed E-state index contributed by atoms with van der Waals surface area (Å²) in [5.41, 5.74) is 1.96. The van der Waals surface area contributed by atoms with Crippen LogP contribution in [0.3, 0.4) is 0 Å². The highest BCUT2D eigenvalue weighted by molar-refractivity contribution is 7.98. The minimum Gasteiger partial charge on any atom is -0.481 e. The number of rotatable bonds is 6. The number of piperazine rings is 1. The number of aromatic amines is 1. The molecule has 1 aromatic carbocycles. The first-order valence-corrected chi connectivity index (χ1v) is 11.4. The van der Waals surface area contributed by atoms with Gasteiger partial charge < -0.3 is 19.9 Å². The molecular formula is C21H23N9OS. The van der Waals surface area contributed by atoms with Crippen molar-refractivity contribution < 1.29 is 4.74 Å². The first kappa shape index (κ1) is 20.3. The van der Waals surface area contributed by atoms with Crippen LogP contribution in [0.4, 0.5) is 23.3 Å². The van der Waals surface area contributed by atoms with Crippen molar-refractivity contribution in [1.29, 1.82) is 0 Å². The number of anilines is 4. The van der Waals surface area contributed by atoms with Crippen LogP contribution in [-0.4, -0.2) is 69.7 Å². The lowest BCUT2D eigenvalue weighted by atomic mass is 10.2. The molecule has 11 heteroatoms. The topological polar surface area (TPSA) is 108 Å². The number of H-pyrrole nitrogens is 1. The summed E-state index contributed by atoms with van der Waals surface area (Å²) in [6, 6.07) is 9.81. The summed E-state index contributed by atoms with van der Waals surface area (Å²) in [7, 11) is 1.61. The van der Waals surface area contributed by atoms with Crippen LogP contribution in [-0.2, 0) is 0 Å². The van der Waals surface area contributed by atoms with Crippen molar-refractivity contribution in [2.45, 2.75) is 5.16 Å². The third kappa shape index (κ3) is 4.24. The van der Waals surface area contributed by atoms with Gasteiger partial charge in [-0.1, -0.05) is 11.8 Å². The number of nitrogens with one attached hydrogen (secondary N) is 2. The van der Waals surface area contributed by atoms with Gasteiger partial charge in [0, 0.05) is 55.6 Å². The Morgan fingerprint density at radius 2 is 1.88 bits per heavy atom. The predicted molar refractivity (Wildman–Crippen MR) is 126 cm³/mol. The molecule has 164 valence electrons. The van der Waals surface area contributed by atoms with Crippen LogP contribution in [0.2, 0.25) is 0 Å². The first-order valence-electron chi connectivity index (χ1n) is 10.2. The molecule has 1 fully saturated rings. The molecule has 10 nitrogen and oxygen atoms in total. The fourth-order valence-electron chi connectivity index (χ4n) is 3.63. The molecule has 0 radical (unpaired) electrons. The molecule has 0 spiro atoms. The second kappa shape index (κ2) is 8.87. The Morgan fingerprint density at radius 3 is 2.69 bits per heavy atom. The Morgan fingerprint density at radius 1 is 1.03 bits per heavy atom. The Kier molecular flexibility index (Phi) is 5.63. The fraction of sp³-hybridized carbons (Fsp3) is 0.286. The van der Waals surface area contributed by atoms with Gasteiger partial charge in [-0.15, -0.1) is 0 Å². The molecule has 32 heavy (non-hydrogen) atoms. The van der Waals surface area contributed by atoms with Gasteiger partial charge in [-0.3, -0.25) is 5.10 Å². The van der Waals surface area contributed by atoms with E-state index < -0.39 is 0 Å². The van der Waals surface area contributed by atoms with Crippen molar-refractivity contribution in [2.75, 3.05) is 54.7 Å². The lowest BCUT2D eigenvalue weighted by Gasteiger charge is -2.35. The standard InChI is InChI=1S/C21H23N9OS/c1-31-19-5-6-22-20(27-19)30-9-7-29(8-10-30)18-12-17(25-21(26-18)32-2)24-15-3-4-16-14(11-15)13-23-28-16/h3-6,11-13H,7-10H2,1-2H3,(H,23,28)(H,24,25,26).